The highest BCUT2D eigenvalue weighted by molar-refractivity contribution is 5.92. The van der Waals surface area contributed by atoms with E-state index in [1.807, 2.05) is 13.8 Å². The van der Waals surface area contributed by atoms with E-state index in [2.05, 4.69) is 15.3 Å². The van der Waals surface area contributed by atoms with Gasteiger partial charge in [0, 0.05) is 18.7 Å². The Balaban J connectivity index is 1.96. The predicted octanol–water partition coefficient (Wildman–Crippen LogP) is 1.88. The molecule has 1 aliphatic carbocycles. The second-order valence-corrected chi connectivity index (χ2v) is 5.92. The van der Waals surface area contributed by atoms with Crippen molar-refractivity contribution in [3.8, 4) is 0 Å². The first-order valence-corrected chi connectivity index (χ1v) is 7.27. The van der Waals surface area contributed by atoms with Gasteiger partial charge in [-0.3, -0.25) is 4.79 Å². The van der Waals surface area contributed by atoms with E-state index in [0.717, 1.165) is 25.1 Å². The van der Waals surface area contributed by atoms with E-state index in [1.165, 1.54) is 0 Å². The van der Waals surface area contributed by atoms with Gasteiger partial charge in [-0.15, -0.1) is 0 Å². The van der Waals surface area contributed by atoms with Gasteiger partial charge in [-0.2, -0.15) is 0 Å². The van der Waals surface area contributed by atoms with Crippen LogP contribution >= 0.6 is 0 Å². The van der Waals surface area contributed by atoms with Gasteiger partial charge in [-0.1, -0.05) is 20.3 Å². The van der Waals surface area contributed by atoms with Gasteiger partial charge in [0.05, 0.1) is 5.60 Å². The molecular formula is C15H23N3O2. The molecule has 0 bridgehead atoms. The molecule has 20 heavy (non-hydrogen) atoms. The maximum atomic E-state index is 12.1. The lowest BCUT2D eigenvalue weighted by molar-refractivity contribution is 0.00588. The quantitative estimate of drug-likeness (QED) is 0.832. The minimum Gasteiger partial charge on any atom is -0.388 e. The fourth-order valence-corrected chi connectivity index (χ4v) is 2.00. The van der Waals surface area contributed by atoms with Crippen LogP contribution in [-0.2, 0) is 0 Å². The number of hydrogen-bond donors (Lipinski definition) is 2. The molecule has 1 aromatic rings. The van der Waals surface area contributed by atoms with E-state index in [-0.39, 0.29) is 18.4 Å². The normalized spacial score (nSPS) is 19.2. The summed E-state index contributed by atoms with van der Waals surface area (Å²) in [6, 6.07) is 1.61. The van der Waals surface area contributed by atoms with Crippen molar-refractivity contribution in [3.63, 3.8) is 0 Å². The number of nitrogens with one attached hydrogen (secondary N) is 1. The van der Waals surface area contributed by atoms with E-state index in [0.29, 0.717) is 11.6 Å². The number of nitrogens with zero attached hydrogens (tertiary/aromatic N) is 2. The molecule has 2 unspecified atom stereocenters. The maximum Gasteiger partial charge on any atom is 0.270 e. The number of carbonyl (C=O) groups is 1. The predicted molar refractivity (Wildman–Crippen MR) is 76.4 cm³/mol. The van der Waals surface area contributed by atoms with E-state index in [4.69, 9.17) is 0 Å². The van der Waals surface area contributed by atoms with Crippen molar-refractivity contribution in [2.45, 2.75) is 51.6 Å². The van der Waals surface area contributed by atoms with Crippen molar-refractivity contribution in [3.05, 3.63) is 23.8 Å². The van der Waals surface area contributed by atoms with Crippen LogP contribution in [0.5, 0.6) is 0 Å². The lowest BCUT2D eigenvalue weighted by atomic mass is 9.88. The first-order valence-electron chi connectivity index (χ1n) is 7.27. The number of aromatic nitrogens is 2. The molecule has 5 heteroatoms. The highest BCUT2D eigenvalue weighted by atomic mass is 16.3. The Labute approximate surface area is 119 Å². The van der Waals surface area contributed by atoms with Gasteiger partial charge >= 0.3 is 0 Å². The second-order valence-electron chi connectivity index (χ2n) is 5.92. The van der Waals surface area contributed by atoms with Crippen LogP contribution < -0.4 is 5.32 Å². The summed E-state index contributed by atoms with van der Waals surface area (Å²) in [7, 11) is 0. The van der Waals surface area contributed by atoms with Gasteiger partial charge in [0.15, 0.2) is 0 Å². The first kappa shape index (κ1) is 14.9. The largest absolute Gasteiger partial charge is 0.388 e. The minimum atomic E-state index is -0.906. The zero-order valence-corrected chi connectivity index (χ0v) is 12.4. The van der Waals surface area contributed by atoms with Crippen LogP contribution in [0.3, 0.4) is 0 Å². The number of hydrogen-bond acceptors (Lipinski definition) is 4. The Kier molecular flexibility index (Phi) is 4.38. The summed E-state index contributed by atoms with van der Waals surface area (Å²) in [6.45, 7) is 5.97. The Morgan fingerprint density at radius 2 is 2.30 bits per heavy atom. The molecule has 1 amide bonds. The topological polar surface area (TPSA) is 75.1 Å². The Morgan fingerprint density at radius 1 is 1.60 bits per heavy atom. The van der Waals surface area contributed by atoms with Crippen molar-refractivity contribution in [2.75, 3.05) is 6.54 Å². The van der Waals surface area contributed by atoms with Gasteiger partial charge in [-0.05, 0) is 31.7 Å². The van der Waals surface area contributed by atoms with E-state index >= 15 is 0 Å². The third kappa shape index (κ3) is 3.54. The molecule has 110 valence electrons. The molecule has 0 radical (unpaired) electrons. The van der Waals surface area contributed by atoms with Crippen molar-refractivity contribution in [1.82, 2.24) is 15.3 Å². The van der Waals surface area contributed by atoms with E-state index < -0.39 is 5.60 Å². The molecule has 2 atom stereocenters. The molecule has 0 spiro atoms. The molecule has 0 aromatic carbocycles. The monoisotopic (exact) mass is 277 g/mol. The van der Waals surface area contributed by atoms with E-state index in [9.17, 15) is 9.90 Å². The number of carbonyl (C=O) groups excluding carboxylic acids is 1. The van der Waals surface area contributed by atoms with Crippen LogP contribution in [0.2, 0.25) is 0 Å². The van der Waals surface area contributed by atoms with Crippen LogP contribution in [0.25, 0.3) is 0 Å². The number of aliphatic hydroxyl groups is 1. The molecular weight excluding hydrogens is 254 g/mol. The van der Waals surface area contributed by atoms with E-state index in [1.54, 1.807) is 19.2 Å². The van der Waals surface area contributed by atoms with Crippen molar-refractivity contribution in [1.29, 1.82) is 0 Å². The smallest absolute Gasteiger partial charge is 0.270 e. The zero-order valence-electron chi connectivity index (χ0n) is 12.4. The third-order valence-corrected chi connectivity index (χ3v) is 4.13. The lowest BCUT2D eigenvalue weighted by Crippen LogP contribution is -2.45. The summed E-state index contributed by atoms with van der Waals surface area (Å²) < 4.78 is 0. The van der Waals surface area contributed by atoms with Crippen LogP contribution in [0.4, 0.5) is 0 Å². The lowest BCUT2D eigenvalue weighted by Gasteiger charge is -2.29. The zero-order chi connectivity index (χ0) is 14.8. The molecule has 0 saturated heterocycles. The van der Waals surface area contributed by atoms with Crippen LogP contribution in [0.15, 0.2) is 12.3 Å². The molecule has 1 fully saturated rings. The summed E-state index contributed by atoms with van der Waals surface area (Å²) in [5, 5.41) is 13.0. The van der Waals surface area contributed by atoms with Crippen molar-refractivity contribution in [2.24, 2.45) is 5.92 Å². The molecule has 2 rings (SSSR count). The maximum absolute atomic E-state index is 12.1. The number of amides is 1. The van der Waals surface area contributed by atoms with Crippen LogP contribution in [-0.4, -0.2) is 33.1 Å². The molecule has 1 aliphatic rings. The van der Waals surface area contributed by atoms with Gasteiger partial charge < -0.3 is 10.4 Å². The highest BCUT2D eigenvalue weighted by Gasteiger charge is 2.29. The summed E-state index contributed by atoms with van der Waals surface area (Å²) in [5.41, 5.74) is -0.529. The Morgan fingerprint density at radius 3 is 2.90 bits per heavy atom. The van der Waals surface area contributed by atoms with Gasteiger partial charge in [0.25, 0.3) is 5.91 Å². The molecule has 1 heterocycles. The SMILES string of the molecule is CCC(C)C(C)(O)CNC(=O)c1ccnc(C2CC2)n1. The van der Waals surface area contributed by atoms with Crippen molar-refractivity contribution < 1.29 is 9.90 Å². The molecule has 1 saturated carbocycles. The second kappa shape index (κ2) is 5.87. The fourth-order valence-electron chi connectivity index (χ4n) is 2.00. The molecule has 2 N–H and O–H groups in total. The third-order valence-electron chi connectivity index (χ3n) is 4.13. The fraction of sp³-hybridized carbons (Fsp3) is 0.667. The minimum absolute atomic E-state index is 0.121. The van der Waals surface area contributed by atoms with Gasteiger partial charge in [0.1, 0.15) is 11.5 Å². The van der Waals surface area contributed by atoms with Gasteiger partial charge in [-0.25, -0.2) is 9.97 Å². The van der Waals surface area contributed by atoms with Crippen molar-refractivity contribution >= 4 is 5.91 Å². The van der Waals surface area contributed by atoms with Gasteiger partial charge in [0.2, 0.25) is 0 Å². The van der Waals surface area contributed by atoms with Crippen LogP contribution in [0.1, 0.15) is 62.3 Å². The first-order chi connectivity index (χ1) is 9.44. The Hall–Kier alpha value is -1.49. The average Bonchev–Trinajstić information content (AvgIpc) is 3.28. The summed E-state index contributed by atoms with van der Waals surface area (Å²) >= 11 is 0. The molecule has 1 aromatic heterocycles. The Bertz CT molecular complexity index is 484. The highest BCUT2D eigenvalue weighted by Crippen LogP contribution is 2.37. The summed E-state index contributed by atoms with van der Waals surface area (Å²) in [5.74, 6) is 1.05. The van der Waals surface area contributed by atoms with Crippen LogP contribution in [0, 0.1) is 5.92 Å². The number of rotatable bonds is 6. The molecule has 0 aliphatic heterocycles. The average molecular weight is 277 g/mol. The summed E-state index contributed by atoms with van der Waals surface area (Å²) in [4.78, 5) is 20.6. The molecule has 5 nitrogen and oxygen atoms in total. The standard InChI is InChI=1S/C15H23N3O2/c1-4-10(2)15(3,20)9-17-14(19)12-7-8-16-13(18-12)11-5-6-11/h7-8,10-11,20H,4-6,9H2,1-3H3,(H,17,19). The summed E-state index contributed by atoms with van der Waals surface area (Å²) in [6.07, 6.45) is 4.70.